The summed E-state index contributed by atoms with van der Waals surface area (Å²) in [6, 6.07) is 0. The molecule has 0 aliphatic heterocycles. The van der Waals surface area contributed by atoms with Gasteiger partial charge in [0.15, 0.2) is 5.82 Å². The predicted molar refractivity (Wildman–Crippen MR) is 49.4 cm³/mol. The Hall–Kier alpha value is -0.930. The van der Waals surface area contributed by atoms with Crippen molar-refractivity contribution >= 4 is 0 Å². The van der Waals surface area contributed by atoms with Crippen molar-refractivity contribution in [3.63, 3.8) is 0 Å². The third kappa shape index (κ3) is 1.53. The molecule has 2 atom stereocenters. The molecule has 4 heteroatoms. The zero-order valence-corrected chi connectivity index (χ0v) is 8.35. The maximum Gasteiger partial charge on any atom is 0.295 e. The van der Waals surface area contributed by atoms with E-state index in [2.05, 4.69) is 16.9 Å². The number of hydrogen-bond donors (Lipinski definition) is 1. The third-order valence-corrected chi connectivity index (χ3v) is 2.81. The molecular weight excluding hydrogens is 186 g/mol. The van der Waals surface area contributed by atoms with E-state index in [4.69, 9.17) is 0 Å². The lowest BCUT2D eigenvalue weighted by molar-refractivity contribution is 0.141. The smallest absolute Gasteiger partial charge is 0.295 e. The number of aromatic nitrogens is 2. The Balaban J connectivity index is 2.35. The second-order valence-electron chi connectivity index (χ2n) is 4.23. The van der Waals surface area contributed by atoms with Crippen molar-refractivity contribution in [1.82, 2.24) is 9.97 Å². The van der Waals surface area contributed by atoms with Gasteiger partial charge in [-0.15, -0.1) is 0 Å². The largest absolute Gasteiger partial charge is 0.341 e. The molecule has 0 saturated heterocycles. The quantitative estimate of drug-likeness (QED) is 0.741. The Bertz CT molecular complexity index is 333. The molecule has 2 nitrogen and oxygen atoms in total. The number of halogens is 2. The van der Waals surface area contributed by atoms with Crippen molar-refractivity contribution < 1.29 is 8.78 Å². The number of H-pyrrole nitrogens is 1. The summed E-state index contributed by atoms with van der Waals surface area (Å²) in [5, 5.41) is 0. The molecule has 0 amide bonds. The summed E-state index contributed by atoms with van der Waals surface area (Å²) >= 11 is 0. The van der Waals surface area contributed by atoms with Crippen molar-refractivity contribution in [2.45, 2.75) is 39.0 Å². The van der Waals surface area contributed by atoms with E-state index < -0.39 is 6.43 Å². The summed E-state index contributed by atoms with van der Waals surface area (Å²) in [5.74, 6) is 0.692. The van der Waals surface area contributed by atoms with Gasteiger partial charge in [-0.05, 0) is 18.8 Å². The molecular formula is C10H14F2N2. The Morgan fingerprint density at radius 3 is 2.79 bits per heavy atom. The van der Waals surface area contributed by atoms with E-state index in [1.54, 1.807) is 0 Å². The minimum Gasteiger partial charge on any atom is -0.341 e. The van der Waals surface area contributed by atoms with Gasteiger partial charge < -0.3 is 4.98 Å². The number of aromatic amines is 1. The molecule has 1 aliphatic carbocycles. The molecule has 1 N–H and O–H groups in total. The Labute approximate surface area is 81.7 Å². The molecule has 0 fully saturated rings. The maximum absolute atomic E-state index is 12.4. The van der Waals surface area contributed by atoms with Gasteiger partial charge in [-0.25, -0.2) is 13.8 Å². The van der Waals surface area contributed by atoms with Crippen LogP contribution in [0.5, 0.6) is 0 Å². The van der Waals surface area contributed by atoms with Gasteiger partial charge in [0.05, 0.1) is 5.69 Å². The van der Waals surface area contributed by atoms with Crippen LogP contribution in [-0.2, 0) is 6.42 Å². The van der Waals surface area contributed by atoms with Crippen molar-refractivity contribution in [1.29, 1.82) is 0 Å². The molecule has 0 spiro atoms. The highest BCUT2D eigenvalue weighted by Gasteiger charge is 2.26. The standard InChI is InChI=1S/C10H14F2N2/c1-5-3-6(2)8-7(4-5)13-10(14-8)9(11)12/h5-6,9H,3-4H2,1-2H3,(H,13,14). The highest BCUT2D eigenvalue weighted by atomic mass is 19.3. The van der Waals surface area contributed by atoms with E-state index in [9.17, 15) is 8.78 Å². The molecule has 0 aromatic carbocycles. The lowest BCUT2D eigenvalue weighted by Crippen LogP contribution is -2.14. The van der Waals surface area contributed by atoms with Crippen LogP contribution >= 0.6 is 0 Å². The highest BCUT2D eigenvalue weighted by Crippen LogP contribution is 2.34. The maximum atomic E-state index is 12.4. The van der Waals surface area contributed by atoms with Gasteiger partial charge >= 0.3 is 0 Å². The number of hydrogen-bond acceptors (Lipinski definition) is 1. The second-order valence-corrected chi connectivity index (χ2v) is 4.23. The zero-order valence-electron chi connectivity index (χ0n) is 8.35. The van der Waals surface area contributed by atoms with Gasteiger partial charge in [-0.3, -0.25) is 0 Å². The summed E-state index contributed by atoms with van der Waals surface area (Å²) in [7, 11) is 0. The van der Waals surface area contributed by atoms with Gasteiger partial charge in [-0.1, -0.05) is 13.8 Å². The summed E-state index contributed by atoms with van der Waals surface area (Å²) in [6.45, 7) is 4.19. The lowest BCUT2D eigenvalue weighted by atomic mass is 9.84. The summed E-state index contributed by atoms with van der Waals surface area (Å²) in [5.41, 5.74) is 1.75. The monoisotopic (exact) mass is 200 g/mol. The lowest BCUT2D eigenvalue weighted by Gasteiger charge is -2.22. The topological polar surface area (TPSA) is 28.7 Å². The zero-order chi connectivity index (χ0) is 10.3. The molecule has 0 radical (unpaired) electrons. The van der Waals surface area contributed by atoms with Gasteiger partial charge in [0.25, 0.3) is 6.43 Å². The second kappa shape index (κ2) is 3.33. The highest BCUT2D eigenvalue weighted by molar-refractivity contribution is 5.22. The van der Waals surface area contributed by atoms with E-state index in [-0.39, 0.29) is 5.82 Å². The number of rotatable bonds is 1. The van der Waals surface area contributed by atoms with E-state index in [1.807, 2.05) is 6.92 Å². The van der Waals surface area contributed by atoms with Crippen LogP contribution in [0.3, 0.4) is 0 Å². The minimum absolute atomic E-state index is 0.170. The molecule has 2 unspecified atom stereocenters. The van der Waals surface area contributed by atoms with Crippen molar-refractivity contribution in [2.75, 3.05) is 0 Å². The molecule has 1 aromatic heterocycles. The number of alkyl halides is 2. The fraction of sp³-hybridized carbons (Fsp3) is 0.700. The first-order valence-corrected chi connectivity index (χ1v) is 4.94. The number of nitrogens with zero attached hydrogens (tertiary/aromatic N) is 1. The van der Waals surface area contributed by atoms with Crippen LogP contribution in [-0.4, -0.2) is 9.97 Å². The normalized spacial score (nSPS) is 26.6. The van der Waals surface area contributed by atoms with E-state index in [0.29, 0.717) is 11.8 Å². The number of fused-ring (bicyclic) bond motifs is 1. The predicted octanol–water partition coefficient (Wildman–Crippen LogP) is 3.03. The number of nitrogens with one attached hydrogen (secondary N) is 1. The molecule has 0 saturated carbocycles. The Kier molecular flexibility index (Phi) is 2.29. The fourth-order valence-corrected chi connectivity index (χ4v) is 2.26. The van der Waals surface area contributed by atoms with Crippen molar-refractivity contribution in [3.05, 3.63) is 17.2 Å². The molecule has 1 aromatic rings. The Morgan fingerprint density at radius 2 is 2.14 bits per heavy atom. The Morgan fingerprint density at radius 1 is 1.43 bits per heavy atom. The van der Waals surface area contributed by atoms with Crippen LogP contribution in [0, 0.1) is 5.92 Å². The van der Waals surface area contributed by atoms with Gasteiger partial charge in [0.1, 0.15) is 0 Å². The molecule has 14 heavy (non-hydrogen) atoms. The van der Waals surface area contributed by atoms with Gasteiger partial charge in [0, 0.05) is 11.6 Å². The van der Waals surface area contributed by atoms with E-state index >= 15 is 0 Å². The average molecular weight is 200 g/mol. The van der Waals surface area contributed by atoms with Gasteiger partial charge in [0.2, 0.25) is 0 Å². The average Bonchev–Trinajstić information content (AvgIpc) is 2.47. The minimum atomic E-state index is -2.48. The van der Waals surface area contributed by atoms with Crippen LogP contribution in [0.4, 0.5) is 8.78 Å². The van der Waals surface area contributed by atoms with Crippen molar-refractivity contribution in [2.24, 2.45) is 5.92 Å². The fourth-order valence-electron chi connectivity index (χ4n) is 2.26. The van der Waals surface area contributed by atoms with Crippen LogP contribution in [0.1, 0.15) is 49.8 Å². The summed E-state index contributed by atoms with van der Waals surface area (Å²) < 4.78 is 24.8. The first kappa shape index (κ1) is 9.62. The third-order valence-electron chi connectivity index (χ3n) is 2.81. The molecule has 1 heterocycles. The summed E-state index contributed by atoms with van der Waals surface area (Å²) in [4.78, 5) is 6.69. The number of imidazole rings is 1. The van der Waals surface area contributed by atoms with Crippen LogP contribution in [0.15, 0.2) is 0 Å². The van der Waals surface area contributed by atoms with Crippen LogP contribution < -0.4 is 0 Å². The van der Waals surface area contributed by atoms with Crippen LogP contribution in [0.2, 0.25) is 0 Å². The molecule has 78 valence electrons. The van der Waals surface area contributed by atoms with E-state index in [1.165, 1.54) is 0 Å². The molecule has 1 aliphatic rings. The first-order chi connectivity index (χ1) is 6.58. The van der Waals surface area contributed by atoms with E-state index in [0.717, 1.165) is 24.2 Å². The molecule has 0 bridgehead atoms. The summed E-state index contributed by atoms with van der Waals surface area (Å²) in [6.07, 6.45) is -0.594. The molecule has 2 rings (SSSR count). The first-order valence-electron chi connectivity index (χ1n) is 4.94. The SMILES string of the molecule is CC1Cc2[nH]c(C(F)F)nc2C(C)C1. The van der Waals surface area contributed by atoms with Crippen molar-refractivity contribution in [3.8, 4) is 0 Å². The van der Waals surface area contributed by atoms with Crippen LogP contribution in [0.25, 0.3) is 0 Å². The van der Waals surface area contributed by atoms with Gasteiger partial charge in [-0.2, -0.15) is 0 Å².